The molecule has 3 N–H and O–H groups in total. The fraction of sp³-hybridized carbons (Fsp3) is 0.429. The number of aryl methyl sites for hydroxylation is 1. The molecule has 5 nitrogen and oxygen atoms in total. The molecular formula is C14H22IN5S. The van der Waals surface area contributed by atoms with Crippen molar-refractivity contribution in [3.8, 4) is 0 Å². The van der Waals surface area contributed by atoms with Gasteiger partial charge in [-0.1, -0.05) is 0 Å². The van der Waals surface area contributed by atoms with Gasteiger partial charge in [0.25, 0.3) is 0 Å². The largest absolute Gasteiger partial charge is 0.354 e. The molecule has 2 aromatic heterocycles. The summed E-state index contributed by atoms with van der Waals surface area (Å²) in [5.74, 6) is 0.806. The Labute approximate surface area is 146 Å². The van der Waals surface area contributed by atoms with E-state index in [4.69, 9.17) is 0 Å². The summed E-state index contributed by atoms with van der Waals surface area (Å²) in [7, 11) is 1.78. The van der Waals surface area contributed by atoms with Gasteiger partial charge >= 0.3 is 0 Å². The summed E-state index contributed by atoms with van der Waals surface area (Å²) in [6, 6.07) is 6.64. The maximum absolute atomic E-state index is 4.24. The third-order valence-corrected chi connectivity index (χ3v) is 3.94. The molecule has 0 aliphatic carbocycles. The summed E-state index contributed by atoms with van der Waals surface area (Å²) in [4.78, 5) is 6.99. The molecule has 1 unspecified atom stereocenters. The van der Waals surface area contributed by atoms with Crippen molar-refractivity contribution < 1.29 is 0 Å². The first-order valence-electron chi connectivity index (χ1n) is 6.68. The Morgan fingerprint density at radius 2 is 2.24 bits per heavy atom. The Balaban J connectivity index is 0.00000220. The summed E-state index contributed by atoms with van der Waals surface area (Å²) < 4.78 is 0. The van der Waals surface area contributed by atoms with Crippen molar-refractivity contribution in [2.24, 2.45) is 4.99 Å². The van der Waals surface area contributed by atoms with Gasteiger partial charge in [0.1, 0.15) is 0 Å². The van der Waals surface area contributed by atoms with Gasteiger partial charge in [0, 0.05) is 35.5 Å². The summed E-state index contributed by atoms with van der Waals surface area (Å²) in [5.41, 5.74) is 1.04. The first-order valence-corrected chi connectivity index (χ1v) is 7.49. The summed E-state index contributed by atoms with van der Waals surface area (Å²) >= 11 is 1.85. The number of nitrogens with one attached hydrogen (secondary N) is 3. The molecule has 2 heterocycles. The van der Waals surface area contributed by atoms with Crippen LogP contribution in [0.4, 0.5) is 0 Å². The minimum atomic E-state index is 0. The SMILES string of the molecule is CN=C(NCc1ccn[nH]1)NC(C)Cc1ccc(C)s1.I. The molecule has 0 aliphatic heterocycles. The van der Waals surface area contributed by atoms with Crippen LogP contribution in [0.2, 0.25) is 0 Å². The molecule has 0 aromatic carbocycles. The third-order valence-electron chi connectivity index (χ3n) is 2.91. The number of H-pyrrole nitrogens is 1. The van der Waals surface area contributed by atoms with E-state index >= 15 is 0 Å². The first kappa shape index (κ1) is 18.0. The quantitative estimate of drug-likeness (QED) is 0.397. The fourth-order valence-corrected chi connectivity index (χ4v) is 2.96. The normalized spacial score (nSPS) is 12.6. The van der Waals surface area contributed by atoms with E-state index in [0.717, 1.165) is 18.1 Å². The number of nitrogens with zero attached hydrogens (tertiary/aromatic N) is 2. The molecular weight excluding hydrogens is 397 g/mol. The molecule has 0 amide bonds. The average Bonchev–Trinajstić information content (AvgIpc) is 3.06. The number of aromatic nitrogens is 2. The lowest BCUT2D eigenvalue weighted by atomic mass is 10.2. The van der Waals surface area contributed by atoms with Crippen LogP contribution in [0, 0.1) is 6.92 Å². The molecule has 2 rings (SSSR count). The van der Waals surface area contributed by atoms with Crippen LogP contribution in [-0.4, -0.2) is 29.2 Å². The molecule has 0 radical (unpaired) electrons. The zero-order chi connectivity index (χ0) is 14.4. The lowest BCUT2D eigenvalue weighted by molar-refractivity contribution is 0.643. The maximum Gasteiger partial charge on any atom is 0.191 e. The molecule has 21 heavy (non-hydrogen) atoms. The van der Waals surface area contributed by atoms with Crippen molar-refractivity contribution in [2.75, 3.05) is 7.05 Å². The van der Waals surface area contributed by atoms with Gasteiger partial charge in [-0.15, -0.1) is 35.3 Å². The number of guanidine groups is 1. The van der Waals surface area contributed by atoms with E-state index in [1.807, 2.05) is 17.4 Å². The molecule has 1 atom stereocenters. The highest BCUT2D eigenvalue weighted by molar-refractivity contribution is 14.0. The van der Waals surface area contributed by atoms with Crippen LogP contribution >= 0.6 is 35.3 Å². The van der Waals surface area contributed by atoms with Crippen LogP contribution in [0.5, 0.6) is 0 Å². The molecule has 2 aromatic rings. The molecule has 116 valence electrons. The topological polar surface area (TPSA) is 65.1 Å². The predicted molar refractivity (Wildman–Crippen MR) is 99.6 cm³/mol. The van der Waals surface area contributed by atoms with Crippen molar-refractivity contribution in [2.45, 2.75) is 32.9 Å². The number of rotatable bonds is 5. The molecule has 0 saturated carbocycles. The van der Waals surface area contributed by atoms with Crippen molar-refractivity contribution in [3.05, 3.63) is 39.8 Å². The predicted octanol–water partition coefficient (Wildman–Crippen LogP) is 2.69. The number of hydrogen-bond donors (Lipinski definition) is 3. The summed E-state index contributed by atoms with van der Waals surface area (Å²) in [6.07, 6.45) is 2.75. The lowest BCUT2D eigenvalue weighted by Gasteiger charge is -2.17. The Morgan fingerprint density at radius 3 is 2.81 bits per heavy atom. The van der Waals surface area contributed by atoms with Crippen molar-refractivity contribution in [1.82, 2.24) is 20.8 Å². The Hall–Kier alpha value is -1.09. The molecule has 0 aliphatic rings. The zero-order valence-corrected chi connectivity index (χ0v) is 15.7. The highest BCUT2D eigenvalue weighted by Gasteiger charge is 2.07. The highest BCUT2D eigenvalue weighted by Crippen LogP contribution is 2.16. The number of hydrogen-bond acceptors (Lipinski definition) is 3. The Bertz CT molecular complexity index is 549. The van der Waals surface area contributed by atoms with Gasteiger partial charge in [0.05, 0.1) is 12.2 Å². The second-order valence-electron chi connectivity index (χ2n) is 4.77. The minimum absolute atomic E-state index is 0. The van der Waals surface area contributed by atoms with Crippen LogP contribution < -0.4 is 10.6 Å². The van der Waals surface area contributed by atoms with Gasteiger partial charge in [-0.2, -0.15) is 5.10 Å². The van der Waals surface area contributed by atoms with E-state index in [-0.39, 0.29) is 24.0 Å². The van der Waals surface area contributed by atoms with Gasteiger partial charge in [0.2, 0.25) is 0 Å². The molecule has 0 spiro atoms. The van der Waals surface area contributed by atoms with Gasteiger partial charge in [-0.05, 0) is 32.0 Å². The number of halogens is 1. The molecule has 7 heteroatoms. The number of aliphatic imine (C=N–C) groups is 1. The van der Waals surface area contributed by atoms with Crippen molar-refractivity contribution >= 4 is 41.3 Å². The maximum atomic E-state index is 4.24. The van der Waals surface area contributed by atoms with Crippen LogP contribution in [-0.2, 0) is 13.0 Å². The zero-order valence-electron chi connectivity index (χ0n) is 12.5. The smallest absolute Gasteiger partial charge is 0.191 e. The lowest BCUT2D eigenvalue weighted by Crippen LogP contribution is -2.42. The van der Waals surface area contributed by atoms with E-state index in [1.54, 1.807) is 13.2 Å². The second kappa shape index (κ2) is 9.04. The van der Waals surface area contributed by atoms with Crippen LogP contribution in [0.15, 0.2) is 29.4 Å². The standard InChI is InChI=1S/C14H21N5S.HI/c1-10(8-13-5-4-11(2)20-13)18-14(15-3)16-9-12-6-7-17-19-12;/h4-7,10H,8-9H2,1-3H3,(H,17,19)(H2,15,16,18);1H. The van der Waals surface area contributed by atoms with Crippen LogP contribution in [0.3, 0.4) is 0 Å². The third kappa shape index (κ3) is 6.04. The Morgan fingerprint density at radius 1 is 1.43 bits per heavy atom. The number of thiophene rings is 1. The fourth-order valence-electron chi connectivity index (χ4n) is 1.94. The van der Waals surface area contributed by atoms with Crippen molar-refractivity contribution in [1.29, 1.82) is 0 Å². The van der Waals surface area contributed by atoms with E-state index in [1.165, 1.54) is 9.75 Å². The molecule has 0 saturated heterocycles. The highest BCUT2D eigenvalue weighted by atomic mass is 127. The van der Waals surface area contributed by atoms with Gasteiger partial charge in [0.15, 0.2) is 5.96 Å². The summed E-state index contributed by atoms with van der Waals surface area (Å²) in [6.45, 7) is 4.99. The van der Waals surface area contributed by atoms with Crippen LogP contribution in [0.1, 0.15) is 22.4 Å². The van der Waals surface area contributed by atoms with Gasteiger partial charge in [-0.25, -0.2) is 0 Å². The van der Waals surface area contributed by atoms with E-state index in [2.05, 4.69) is 51.8 Å². The Kier molecular flexibility index (Phi) is 7.73. The van der Waals surface area contributed by atoms with E-state index in [9.17, 15) is 0 Å². The molecule has 0 bridgehead atoms. The first-order chi connectivity index (χ1) is 9.67. The summed E-state index contributed by atoms with van der Waals surface area (Å²) in [5, 5.41) is 13.5. The van der Waals surface area contributed by atoms with Gasteiger partial charge < -0.3 is 10.6 Å². The van der Waals surface area contributed by atoms with E-state index < -0.39 is 0 Å². The number of aromatic amines is 1. The van der Waals surface area contributed by atoms with Gasteiger partial charge in [-0.3, -0.25) is 10.1 Å². The second-order valence-corrected chi connectivity index (χ2v) is 6.14. The molecule has 0 fully saturated rings. The van der Waals surface area contributed by atoms with Crippen molar-refractivity contribution in [3.63, 3.8) is 0 Å². The van der Waals surface area contributed by atoms with Crippen LogP contribution in [0.25, 0.3) is 0 Å². The van der Waals surface area contributed by atoms with E-state index in [0.29, 0.717) is 12.6 Å². The minimum Gasteiger partial charge on any atom is -0.354 e. The average molecular weight is 419 g/mol. The monoisotopic (exact) mass is 419 g/mol.